The van der Waals surface area contributed by atoms with E-state index >= 15 is 0 Å². The summed E-state index contributed by atoms with van der Waals surface area (Å²) in [6, 6.07) is 4.09. The molecule has 0 saturated heterocycles. The summed E-state index contributed by atoms with van der Waals surface area (Å²) >= 11 is 0. The van der Waals surface area contributed by atoms with Gasteiger partial charge in [-0.1, -0.05) is 11.2 Å². The van der Waals surface area contributed by atoms with Crippen molar-refractivity contribution in [3.8, 4) is 0 Å². The van der Waals surface area contributed by atoms with Crippen LogP contribution in [-0.4, -0.2) is 30.4 Å². The second-order valence-electron chi connectivity index (χ2n) is 5.05. The summed E-state index contributed by atoms with van der Waals surface area (Å²) in [7, 11) is 1.65. The molecular formula is C14H21FN2O3. The van der Waals surface area contributed by atoms with E-state index in [1.165, 1.54) is 12.1 Å². The van der Waals surface area contributed by atoms with Crippen LogP contribution >= 0.6 is 0 Å². The maximum atomic E-state index is 13.2. The maximum Gasteiger partial charge on any atom is 0.170 e. The van der Waals surface area contributed by atoms with Crippen molar-refractivity contribution >= 4 is 5.84 Å². The quantitative estimate of drug-likeness (QED) is 0.265. The van der Waals surface area contributed by atoms with Crippen LogP contribution in [-0.2, 0) is 16.1 Å². The summed E-state index contributed by atoms with van der Waals surface area (Å²) in [5, 5.41) is 11.6. The summed E-state index contributed by atoms with van der Waals surface area (Å²) in [5.74, 6) is -0.587. The zero-order valence-electron chi connectivity index (χ0n) is 12.0. The number of methoxy groups -OCH3 is 1. The van der Waals surface area contributed by atoms with Crippen LogP contribution in [0.15, 0.2) is 23.4 Å². The Morgan fingerprint density at radius 1 is 1.45 bits per heavy atom. The van der Waals surface area contributed by atoms with Gasteiger partial charge in [0.05, 0.1) is 12.2 Å². The number of benzene rings is 1. The van der Waals surface area contributed by atoms with Crippen molar-refractivity contribution in [3.63, 3.8) is 0 Å². The van der Waals surface area contributed by atoms with Gasteiger partial charge in [0, 0.05) is 19.3 Å². The minimum Gasteiger partial charge on any atom is -0.409 e. The lowest BCUT2D eigenvalue weighted by molar-refractivity contribution is -0.0124. The van der Waals surface area contributed by atoms with Crippen LogP contribution in [0.5, 0.6) is 0 Å². The van der Waals surface area contributed by atoms with Gasteiger partial charge in [-0.25, -0.2) is 4.39 Å². The van der Waals surface area contributed by atoms with Crippen molar-refractivity contribution in [3.05, 3.63) is 35.1 Å². The molecule has 0 heterocycles. The van der Waals surface area contributed by atoms with E-state index in [2.05, 4.69) is 5.16 Å². The Kier molecular flexibility index (Phi) is 5.91. The molecule has 0 aromatic heterocycles. The van der Waals surface area contributed by atoms with Crippen molar-refractivity contribution < 1.29 is 19.1 Å². The molecule has 5 nitrogen and oxygen atoms in total. The normalized spacial score (nSPS) is 12.7. The second kappa shape index (κ2) is 7.21. The lowest BCUT2D eigenvalue weighted by Crippen LogP contribution is -2.24. The van der Waals surface area contributed by atoms with E-state index in [9.17, 15) is 4.39 Å². The summed E-state index contributed by atoms with van der Waals surface area (Å²) < 4.78 is 24.0. The largest absolute Gasteiger partial charge is 0.409 e. The maximum absolute atomic E-state index is 13.2. The van der Waals surface area contributed by atoms with Gasteiger partial charge in [0.25, 0.3) is 0 Å². The molecule has 0 fully saturated rings. The number of oxime groups is 1. The molecule has 0 aliphatic heterocycles. The Morgan fingerprint density at radius 2 is 2.15 bits per heavy atom. The Balaban J connectivity index is 2.65. The Hall–Kier alpha value is -1.66. The van der Waals surface area contributed by atoms with Gasteiger partial charge in [-0.15, -0.1) is 0 Å². The van der Waals surface area contributed by atoms with Crippen LogP contribution in [0.3, 0.4) is 0 Å². The van der Waals surface area contributed by atoms with Gasteiger partial charge in [-0.05, 0) is 38.0 Å². The first-order valence-electron chi connectivity index (χ1n) is 6.29. The number of ether oxygens (including phenoxy) is 2. The van der Waals surface area contributed by atoms with Crippen LogP contribution in [0.2, 0.25) is 0 Å². The van der Waals surface area contributed by atoms with Crippen LogP contribution in [0.25, 0.3) is 0 Å². The average molecular weight is 284 g/mol. The highest BCUT2D eigenvalue weighted by atomic mass is 19.1. The van der Waals surface area contributed by atoms with Crippen molar-refractivity contribution in [2.45, 2.75) is 32.5 Å². The molecule has 0 aliphatic carbocycles. The van der Waals surface area contributed by atoms with E-state index in [0.717, 1.165) is 6.42 Å². The number of nitrogens with zero attached hydrogens (tertiary/aromatic N) is 1. The highest BCUT2D eigenvalue weighted by Gasteiger charge is 2.16. The summed E-state index contributed by atoms with van der Waals surface area (Å²) in [6.45, 7) is 4.69. The molecule has 0 atom stereocenters. The molecular weight excluding hydrogens is 263 g/mol. The fourth-order valence-electron chi connectivity index (χ4n) is 1.57. The highest BCUT2D eigenvalue weighted by Crippen LogP contribution is 2.15. The monoisotopic (exact) mass is 284 g/mol. The van der Waals surface area contributed by atoms with Crippen molar-refractivity contribution in [2.75, 3.05) is 13.7 Å². The van der Waals surface area contributed by atoms with Gasteiger partial charge < -0.3 is 20.4 Å². The molecule has 0 aliphatic rings. The zero-order valence-corrected chi connectivity index (χ0v) is 12.0. The van der Waals surface area contributed by atoms with Gasteiger partial charge in [0.1, 0.15) is 5.82 Å². The van der Waals surface area contributed by atoms with E-state index in [1.807, 2.05) is 13.8 Å². The van der Waals surface area contributed by atoms with Gasteiger partial charge >= 0.3 is 0 Å². The molecule has 1 rings (SSSR count). The third-order valence-electron chi connectivity index (χ3n) is 3.11. The van der Waals surface area contributed by atoms with Gasteiger partial charge in [0.15, 0.2) is 5.84 Å². The lowest BCUT2D eigenvalue weighted by atomic mass is 10.1. The molecule has 3 N–H and O–H groups in total. The standard InChI is InChI=1S/C14H21FN2O3/c1-14(2,19-3)6-7-20-9-10-4-5-11(15)8-12(10)13(16)17-18/h4-5,8,18H,6-7,9H2,1-3H3,(H2,16,17). The smallest absolute Gasteiger partial charge is 0.170 e. The van der Waals surface area contributed by atoms with Crippen LogP contribution in [0, 0.1) is 5.82 Å². The van der Waals surface area contributed by atoms with E-state index in [0.29, 0.717) is 17.7 Å². The first-order valence-corrected chi connectivity index (χ1v) is 6.29. The van der Waals surface area contributed by atoms with Crippen molar-refractivity contribution in [1.29, 1.82) is 0 Å². The molecule has 0 unspecified atom stereocenters. The van der Waals surface area contributed by atoms with E-state index < -0.39 is 5.82 Å². The predicted octanol–water partition coefficient (Wildman–Crippen LogP) is 2.25. The van der Waals surface area contributed by atoms with Gasteiger partial charge in [-0.3, -0.25) is 0 Å². The zero-order chi connectivity index (χ0) is 15.2. The number of nitrogens with two attached hydrogens (primary N) is 1. The number of hydrogen-bond donors (Lipinski definition) is 2. The van der Waals surface area contributed by atoms with Gasteiger partial charge in [-0.2, -0.15) is 0 Å². The Morgan fingerprint density at radius 3 is 2.75 bits per heavy atom. The minimum atomic E-state index is -0.448. The summed E-state index contributed by atoms with van der Waals surface area (Å²) in [4.78, 5) is 0. The third kappa shape index (κ3) is 4.79. The van der Waals surface area contributed by atoms with Crippen LogP contribution < -0.4 is 5.73 Å². The van der Waals surface area contributed by atoms with Crippen molar-refractivity contribution in [1.82, 2.24) is 0 Å². The van der Waals surface area contributed by atoms with E-state index in [-0.39, 0.29) is 18.0 Å². The van der Waals surface area contributed by atoms with Crippen LogP contribution in [0.1, 0.15) is 31.4 Å². The molecule has 20 heavy (non-hydrogen) atoms. The van der Waals surface area contributed by atoms with Crippen molar-refractivity contribution in [2.24, 2.45) is 10.9 Å². The molecule has 0 radical (unpaired) electrons. The molecule has 0 amide bonds. The number of halogens is 1. The Bertz CT molecular complexity index is 475. The topological polar surface area (TPSA) is 77.1 Å². The lowest BCUT2D eigenvalue weighted by Gasteiger charge is -2.22. The summed E-state index contributed by atoms with van der Waals surface area (Å²) in [6.07, 6.45) is 0.726. The first kappa shape index (κ1) is 16.4. The highest BCUT2D eigenvalue weighted by molar-refractivity contribution is 5.98. The number of rotatable bonds is 7. The SMILES string of the molecule is COC(C)(C)CCOCc1ccc(F)cc1/C(N)=N/O. The van der Waals surface area contributed by atoms with E-state index in [4.69, 9.17) is 20.4 Å². The molecule has 0 spiro atoms. The van der Waals surface area contributed by atoms with Crippen LogP contribution in [0.4, 0.5) is 4.39 Å². The average Bonchev–Trinajstić information content (AvgIpc) is 2.44. The number of hydrogen-bond acceptors (Lipinski definition) is 4. The fraction of sp³-hybridized carbons (Fsp3) is 0.500. The first-order chi connectivity index (χ1) is 9.39. The second-order valence-corrected chi connectivity index (χ2v) is 5.05. The molecule has 112 valence electrons. The minimum absolute atomic E-state index is 0.139. The predicted molar refractivity (Wildman–Crippen MR) is 74.3 cm³/mol. The van der Waals surface area contributed by atoms with E-state index in [1.54, 1.807) is 13.2 Å². The molecule has 1 aromatic rings. The molecule has 0 saturated carbocycles. The molecule has 6 heteroatoms. The molecule has 1 aromatic carbocycles. The summed E-state index contributed by atoms with van der Waals surface area (Å²) in [5.41, 5.74) is 6.26. The molecule has 0 bridgehead atoms. The number of amidine groups is 1. The van der Waals surface area contributed by atoms with Gasteiger partial charge in [0.2, 0.25) is 0 Å². The third-order valence-corrected chi connectivity index (χ3v) is 3.11. The fourth-order valence-corrected chi connectivity index (χ4v) is 1.57. The Labute approximate surface area is 118 Å².